The Morgan fingerprint density at radius 2 is 1.81 bits per heavy atom. The summed E-state index contributed by atoms with van der Waals surface area (Å²) < 4.78 is 1.96. The van der Waals surface area contributed by atoms with Crippen molar-refractivity contribution in [3.8, 4) is 0 Å². The minimum absolute atomic E-state index is 0. The first-order valence-corrected chi connectivity index (χ1v) is 9.87. The maximum atomic E-state index is 4.52. The van der Waals surface area contributed by atoms with Gasteiger partial charge in [0.25, 0.3) is 0 Å². The molecular weight excluding hydrogens is 451 g/mol. The average Bonchev–Trinajstić information content (AvgIpc) is 2.83. The third-order valence-electron chi connectivity index (χ3n) is 5.51. The summed E-state index contributed by atoms with van der Waals surface area (Å²) >= 11 is 0. The molecule has 7 heteroatoms. The Morgan fingerprint density at radius 3 is 2.22 bits per heavy atom. The molecule has 1 heterocycles. The maximum absolute atomic E-state index is 4.52. The predicted molar refractivity (Wildman–Crippen MR) is 127 cm³/mol. The Balaban J connectivity index is 0.00000676. The first-order valence-electron chi connectivity index (χ1n) is 9.87. The zero-order valence-electron chi connectivity index (χ0n) is 18.8. The fourth-order valence-corrected chi connectivity index (χ4v) is 3.70. The number of aromatic nitrogens is 2. The Kier molecular flexibility index (Phi) is 12.2. The Morgan fingerprint density at radius 1 is 1.22 bits per heavy atom. The molecule has 1 rings (SSSR count). The second-order valence-electron chi connectivity index (χ2n) is 7.58. The van der Waals surface area contributed by atoms with E-state index in [-0.39, 0.29) is 30.0 Å². The molecule has 0 aliphatic carbocycles. The monoisotopic (exact) mass is 492 g/mol. The van der Waals surface area contributed by atoms with Crippen LogP contribution in [0.4, 0.5) is 0 Å². The standard InChI is InChI=1S/C20H40N6.HI/c1-10-17(11-2)19(25(7)8)13-22-20(21-6)23-14(3)12-18-15(4)24-26(9)16(18)5;/h14,17,19H,10-13H2,1-9H3,(H2,21,22,23);1H. The van der Waals surface area contributed by atoms with Crippen LogP contribution in [0, 0.1) is 19.8 Å². The summed E-state index contributed by atoms with van der Waals surface area (Å²) in [6.45, 7) is 11.9. The Labute approximate surface area is 183 Å². The van der Waals surface area contributed by atoms with Crippen LogP contribution < -0.4 is 10.6 Å². The topological polar surface area (TPSA) is 57.5 Å². The van der Waals surface area contributed by atoms with Crippen molar-refractivity contribution in [2.24, 2.45) is 18.0 Å². The number of aliphatic imine (C=N–C) groups is 1. The molecule has 2 N–H and O–H groups in total. The summed E-state index contributed by atoms with van der Waals surface area (Å²) in [6.07, 6.45) is 3.34. The van der Waals surface area contributed by atoms with Crippen LogP contribution in [0.2, 0.25) is 0 Å². The number of nitrogens with one attached hydrogen (secondary N) is 2. The minimum atomic E-state index is 0. The molecule has 0 amide bonds. The van der Waals surface area contributed by atoms with E-state index >= 15 is 0 Å². The van der Waals surface area contributed by atoms with Crippen molar-refractivity contribution >= 4 is 29.9 Å². The highest BCUT2D eigenvalue weighted by atomic mass is 127. The van der Waals surface area contributed by atoms with E-state index in [1.54, 1.807) is 0 Å². The van der Waals surface area contributed by atoms with Crippen LogP contribution >= 0.6 is 24.0 Å². The number of hydrogen-bond acceptors (Lipinski definition) is 3. The lowest BCUT2D eigenvalue weighted by molar-refractivity contribution is 0.200. The molecule has 0 fully saturated rings. The molecule has 6 nitrogen and oxygen atoms in total. The molecule has 0 aliphatic heterocycles. The third kappa shape index (κ3) is 7.60. The van der Waals surface area contributed by atoms with E-state index in [4.69, 9.17) is 0 Å². The molecule has 1 aromatic heterocycles. The summed E-state index contributed by atoms with van der Waals surface area (Å²) in [7, 11) is 8.17. The van der Waals surface area contributed by atoms with Crippen LogP contribution in [0.25, 0.3) is 0 Å². The zero-order valence-corrected chi connectivity index (χ0v) is 21.1. The van der Waals surface area contributed by atoms with E-state index in [1.165, 1.54) is 24.1 Å². The molecule has 2 unspecified atom stereocenters. The molecule has 158 valence electrons. The number of nitrogens with zero attached hydrogens (tertiary/aromatic N) is 4. The zero-order chi connectivity index (χ0) is 19.9. The van der Waals surface area contributed by atoms with Crippen LogP contribution in [0.1, 0.15) is 50.6 Å². The number of likely N-dealkylation sites (N-methyl/N-ethyl adjacent to an activating group) is 1. The number of aryl methyl sites for hydroxylation is 2. The number of guanidine groups is 1. The van der Waals surface area contributed by atoms with Crippen molar-refractivity contribution < 1.29 is 0 Å². The molecule has 0 spiro atoms. The summed E-state index contributed by atoms with van der Waals surface area (Å²) in [4.78, 5) is 6.74. The van der Waals surface area contributed by atoms with Crippen LogP contribution in [0.5, 0.6) is 0 Å². The lowest BCUT2D eigenvalue weighted by Gasteiger charge is -2.32. The molecule has 0 aromatic carbocycles. The largest absolute Gasteiger partial charge is 0.355 e. The van der Waals surface area contributed by atoms with Gasteiger partial charge in [0.05, 0.1) is 5.69 Å². The van der Waals surface area contributed by atoms with E-state index in [0.717, 1.165) is 24.6 Å². The van der Waals surface area contributed by atoms with E-state index in [2.05, 4.69) is 74.3 Å². The minimum Gasteiger partial charge on any atom is -0.355 e. The van der Waals surface area contributed by atoms with Gasteiger partial charge < -0.3 is 15.5 Å². The van der Waals surface area contributed by atoms with E-state index < -0.39 is 0 Å². The van der Waals surface area contributed by atoms with Gasteiger partial charge in [-0.25, -0.2) is 0 Å². The van der Waals surface area contributed by atoms with Gasteiger partial charge in [-0.1, -0.05) is 26.7 Å². The average molecular weight is 492 g/mol. The van der Waals surface area contributed by atoms with E-state index in [1.807, 2.05) is 18.8 Å². The highest BCUT2D eigenvalue weighted by Crippen LogP contribution is 2.16. The fraction of sp³-hybridized carbons (Fsp3) is 0.800. The molecule has 0 aliphatic rings. The SMILES string of the molecule is CCC(CC)C(CNC(=NC)NC(C)Cc1c(C)nn(C)c1C)N(C)C.I. The van der Waals surface area contributed by atoms with Gasteiger partial charge in [0, 0.05) is 38.4 Å². The molecule has 0 bridgehead atoms. The first-order chi connectivity index (χ1) is 12.2. The van der Waals surface area contributed by atoms with Crippen molar-refractivity contribution in [2.45, 2.75) is 66.0 Å². The molecular formula is C20H41IN6. The van der Waals surface area contributed by atoms with Gasteiger partial charge in [-0.05, 0) is 52.8 Å². The van der Waals surface area contributed by atoms with Gasteiger partial charge in [0.1, 0.15) is 0 Å². The number of halogens is 1. The Bertz CT molecular complexity index is 577. The van der Waals surface area contributed by atoms with Crippen LogP contribution in [0.15, 0.2) is 4.99 Å². The summed E-state index contributed by atoms with van der Waals surface area (Å²) in [5.74, 6) is 1.56. The highest BCUT2D eigenvalue weighted by Gasteiger charge is 2.21. The number of rotatable bonds is 9. The fourth-order valence-electron chi connectivity index (χ4n) is 3.70. The van der Waals surface area contributed by atoms with Gasteiger partial charge in [-0.3, -0.25) is 9.67 Å². The molecule has 2 atom stereocenters. The smallest absolute Gasteiger partial charge is 0.191 e. The Hall–Kier alpha value is -0.830. The van der Waals surface area contributed by atoms with Crippen molar-refractivity contribution in [1.29, 1.82) is 0 Å². The van der Waals surface area contributed by atoms with Gasteiger partial charge in [0.15, 0.2) is 5.96 Å². The van der Waals surface area contributed by atoms with Crippen molar-refractivity contribution in [1.82, 2.24) is 25.3 Å². The summed E-state index contributed by atoms with van der Waals surface area (Å²) in [5, 5.41) is 11.6. The summed E-state index contributed by atoms with van der Waals surface area (Å²) in [6, 6.07) is 0.787. The highest BCUT2D eigenvalue weighted by molar-refractivity contribution is 14.0. The van der Waals surface area contributed by atoms with Crippen molar-refractivity contribution in [3.63, 3.8) is 0 Å². The first kappa shape index (κ1) is 26.2. The van der Waals surface area contributed by atoms with Crippen LogP contribution in [-0.2, 0) is 13.5 Å². The van der Waals surface area contributed by atoms with Gasteiger partial charge in [-0.15, -0.1) is 24.0 Å². The quantitative estimate of drug-likeness (QED) is 0.316. The molecule has 27 heavy (non-hydrogen) atoms. The predicted octanol–water partition coefficient (Wildman–Crippen LogP) is 3.12. The molecule has 0 saturated carbocycles. The van der Waals surface area contributed by atoms with Crippen molar-refractivity contribution in [2.75, 3.05) is 27.7 Å². The maximum Gasteiger partial charge on any atom is 0.191 e. The second kappa shape index (κ2) is 12.6. The normalized spacial score (nSPS) is 14.3. The lowest BCUT2D eigenvalue weighted by atomic mass is 9.93. The third-order valence-corrected chi connectivity index (χ3v) is 5.51. The van der Waals surface area contributed by atoms with E-state index in [0.29, 0.717) is 12.0 Å². The summed E-state index contributed by atoms with van der Waals surface area (Å²) in [5.41, 5.74) is 3.68. The van der Waals surface area contributed by atoms with Crippen LogP contribution in [-0.4, -0.2) is 60.4 Å². The van der Waals surface area contributed by atoms with E-state index in [9.17, 15) is 0 Å². The van der Waals surface area contributed by atoms with Gasteiger partial charge >= 0.3 is 0 Å². The van der Waals surface area contributed by atoms with Gasteiger partial charge in [-0.2, -0.15) is 5.10 Å². The second-order valence-corrected chi connectivity index (χ2v) is 7.58. The van der Waals surface area contributed by atoms with Crippen molar-refractivity contribution in [3.05, 3.63) is 17.0 Å². The molecule has 1 aromatic rings. The lowest BCUT2D eigenvalue weighted by Crippen LogP contribution is -2.49. The van der Waals surface area contributed by atoms with Crippen LogP contribution in [0.3, 0.4) is 0 Å². The van der Waals surface area contributed by atoms with Gasteiger partial charge in [0.2, 0.25) is 0 Å². The molecule has 0 radical (unpaired) electrons. The number of hydrogen-bond donors (Lipinski definition) is 2. The molecule has 0 saturated heterocycles.